The molecule has 0 amide bonds. The van der Waals surface area contributed by atoms with E-state index in [0.717, 1.165) is 47.5 Å². The highest BCUT2D eigenvalue weighted by Gasteiger charge is 2.24. The summed E-state index contributed by atoms with van der Waals surface area (Å²) < 4.78 is 11.1. The number of ether oxygens (including phenoxy) is 1. The Morgan fingerprint density at radius 3 is 2.83 bits per heavy atom. The number of nitrogens with one attached hydrogen (secondary N) is 1. The Balaban J connectivity index is 0.00000240. The lowest BCUT2D eigenvalue weighted by Crippen LogP contribution is -2.44. The molecule has 0 saturated carbocycles. The maximum Gasteiger partial charge on any atom is 0.250 e. The number of likely N-dealkylation sites (N-methyl/N-ethyl adjacent to an activating group) is 1. The Morgan fingerprint density at radius 1 is 1.28 bits per heavy atom. The zero-order chi connectivity index (χ0) is 19.3. The molecule has 0 radical (unpaired) electrons. The van der Waals surface area contributed by atoms with Gasteiger partial charge in [0.15, 0.2) is 5.82 Å². The first-order valence-corrected chi connectivity index (χ1v) is 10.1. The van der Waals surface area contributed by atoms with E-state index in [4.69, 9.17) is 9.26 Å². The largest absolute Gasteiger partial charge is 0.487 e. The monoisotopic (exact) mass is 433 g/mol. The van der Waals surface area contributed by atoms with Gasteiger partial charge in [0.05, 0.1) is 16.7 Å². The molecule has 1 aliphatic rings. The predicted molar refractivity (Wildman–Crippen MR) is 116 cm³/mol. The normalized spacial score (nSPS) is 17.4. The van der Waals surface area contributed by atoms with E-state index < -0.39 is 0 Å². The molecule has 0 bridgehead atoms. The van der Waals surface area contributed by atoms with E-state index in [2.05, 4.69) is 32.4 Å². The SMILES string of the molecule is Cc1nc(COc2ccc(/C=C/c3nc(C4CNCCN4C)no3)cc2)cs1.Cl. The molecule has 3 aromatic rings. The standard InChI is InChI=1S/C20H23N5O2S.ClH/c1-14-22-16(13-28-14)12-26-17-6-3-15(4-7-17)5-8-19-23-20(24-27-19)18-11-21-9-10-25(18)2;/h3-8,13,18,21H,9-12H2,1-2H3;1H/b8-5+;. The molecule has 154 valence electrons. The molecule has 0 spiro atoms. The van der Waals surface area contributed by atoms with Crippen molar-refractivity contribution in [2.24, 2.45) is 0 Å². The Morgan fingerprint density at radius 2 is 2.10 bits per heavy atom. The van der Waals surface area contributed by atoms with Crippen molar-refractivity contribution >= 4 is 35.9 Å². The number of hydrogen-bond donors (Lipinski definition) is 1. The first kappa shape index (κ1) is 21.4. The lowest BCUT2D eigenvalue weighted by atomic mass is 10.2. The van der Waals surface area contributed by atoms with Gasteiger partial charge in [0.2, 0.25) is 0 Å². The quantitative estimate of drug-likeness (QED) is 0.636. The van der Waals surface area contributed by atoms with Gasteiger partial charge in [-0.25, -0.2) is 4.98 Å². The molecule has 1 fully saturated rings. The summed E-state index contributed by atoms with van der Waals surface area (Å²) in [6, 6.07) is 8.03. The van der Waals surface area contributed by atoms with Crippen LogP contribution in [0.5, 0.6) is 5.75 Å². The third kappa shape index (κ3) is 5.63. The summed E-state index contributed by atoms with van der Waals surface area (Å²) in [5, 5.41) is 10.6. The van der Waals surface area contributed by atoms with E-state index in [1.54, 1.807) is 11.3 Å². The molecule has 1 atom stereocenters. The van der Waals surface area contributed by atoms with Crippen molar-refractivity contribution in [2.45, 2.75) is 19.6 Å². The van der Waals surface area contributed by atoms with Crippen molar-refractivity contribution in [3.63, 3.8) is 0 Å². The second kappa shape index (κ2) is 9.98. The fourth-order valence-electron chi connectivity index (χ4n) is 3.02. The van der Waals surface area contributed by atoms with Crippen LogP contribution in [0.3, 0.4) is 0 Å². The summed E-state index contributed by atoms with van der Waals surface area (Å²) in [6.07, 6.45) is 3.79. The van der Waals surface area contributed by atoms with Crippen LogP contribution in [0.15, 0.2) is 34.2 Å². The van der Waals surface area contributed by atoms with Crippen molar-refractivity contribution in [1.29, 1.82) is 0 Å². The third-order valence-electron chi connectivity index (χ3n) is 4.62. The van der Waals surface area contributed by atoms with Crippen molar-refractivity contribution in [1.82, 2.24) is 25.3 Å². The first-order chi connectivity index (χ1) is 13.7. The van der Waals surface area contributed by atoms with E-state index >= 15 is 0 Å². The Labute approximate surface area is 180 Å². The van der Waals surface area contributed by atoms with Gasteiger partial charge in [-0.1, -0.05) is 17.3 Å². The zero-order valence-corrected chi connectivity index (χ0v) is 18.0. The van der Waals surface area contributed by atoms with Gasteiger partial charge in [-0.2, -0.15) is 4.98 Å². The molecule has 2 aromatic heterocycles. The minimum atomic E-state index is 0. The molecule has 1 aliphatic heterocycles. The molecule has 3 heterocycles. The van der Waals surface area contributed by atoms with Crippen LogP contribution in [-0.4, -0.2) is 46.7 Å². The number of thiazole rings is 1. The Kier molecular flexibility index (Phi) is 7.38. The number of aryl methyl sites for hydroxylation is 1. The molecule has 4 rings (SSSR count). The molecule has 1 saturated heterocycles. The number of rotatable bonds is 6. The molecule has 1 N–H and O–H groups in total. The number of hydrogen-bond acceptors (Lipinski definition) is 8. The highest BCUT2D eigenvalue weighted by Crippen LogP contribution is 2.19. The van der Waals surface area contributed by atoms with Crippen LogP contribution >= 0.6 is 23.7 Å². The number of aromatic nitrogens is 3. The molecule has 7 nitrogen and oxygen atoms in total. The lowest BCUT2D eigenvalue weighted by molar-refractivity contribution is 0.190. The van der Waals surface area contributed by atoms with Gasteiger partial charge in [0, 0.05) is 31.1 Å². The average molecular weight is 434 g/mol. The summed E-state index contributed by atoms with van der Waals surface area (Å²) in [4.78, 5) is 11.1. The number of nitrogens with zero attached hydrogens (tertiary/aromatic N) is 4. The maximum absolute atomic E-state index is 5.77. The Bertz CT molecular complexity index is 941. The highest BCUT2D eigenvalue weighted by atomic mass is 35.5. The van der Waals surface area contributed by atoms with E-state index in [-0.39, 0.29) is 18.4 Å². The topological polar surface area (TPSA) is 76.3 Å². The minimum absolute atomic E-state index is 0. The summed E-state index contributed by atoms with van der Waals surface area (Å²) in [5.41, 5.74) is 1.99. The molecule has 1 aromatic carbocycles. The van der Waals surface area contributed by atoms with E-state index in [9.17, 15) is 0 Å². The van der Waals surface area contributed by atoms with Gasteiger partial charge < -0.3 is 14.6 Å². The van der Waals surface area contributed by atoms with E-state index in [1.807, 2.05) is 48.7 Å². The second-order valence-corrected chi connectivity index (χ2v) is 7.80. The van der Waals surface area contributed by atoms with Gasteiger partial charge in [-0.15, -0.1) is 23.7 Å². The average Bonchev–Trinajstić information content (AvgIpc) is 3.35. The van der Waals surface area contributed by atoms with Crippen molar-refractivity contribution in [3.05, 3.63) is 57.6 Å². The fourth-order valence-corrected chi connectivity index (χ4v) is 3.62. The molecule has 0 aliphatic carbocycles. The summed E-state index contributed by atoms with van der Waals surface area (Å²) in [6.45, 7) is 5.27. The summed E-state index contributed by atoms with van der Waals surface area (Å²) >= 11 is 1.63. The number of benzene rings is 1. The smallest absolute Gasteiger partial charge is 0.250 e. The van der Waals surface area contributed by atoms with Crippen LogP contribution in [0.4, 0.5) is 0 Å². The second-order valence-electron chi connectivity index (χ2n) is 6.74. The van der Waals surface area contributed by atoms with Gasteiger partial charge in [0.1, 0.15) is 12.4 Å². The van der Waals surface area contributed by atoms with Crippen LogP contribution in [0.2, 0.25) is 0 Å². The fraction of sp³-hybridized carbons (Fsp3) is 0.350. The molecule has 29 heavy (non-hydrogen) atoms. The van der Waals surface area contributed by atoms with Crippen LogP contribution in [0.25, 0.3) is 12.2 Å². The van der Waals surface area contributed by atoms with E-state index in [1.165, 1.54) is 0 Å². The molecule has 1 unspecified atom stereocenters. The predicted octanol–water partition coefficient (Wildman–Crippen LogP) is 3.58. The van der Waals surface area contributed by atoms with Crippen LogP contribution in [0.1, 0.15) is 34.0 Å². The third-order valence-corrected chi connectivity index (χ3v) is 5.44. The molecular formula is C20H24ClN5O2S. The van der Waals surface area contributed by atoms with Crippen LogP contribution in [-0.2, 0) is 6.61 Å². The first-order valence-electron chi connectivity index (χ1n) is 9.24. The molecular weight excluding hydrogens is 410 g/mol. The minimum Gasteiger partial charge on any atom is -0.487 e. The number of halogens is 1. The van der Waals surface area contributed by atoms with Crippen LogP contribution in [0, 0.1) is 6.92 Å². The van der Waals surface area contributed by atoms with E-state index in [0.29, 0.717) is 12.5 Å². The Hall–Kier alpha value is -2.26. The summed E-state index contributed by atoms with van der Waals surface area (Å²) in [7, 11) is 2.08. The van der Waals surface area contributed by atoms with Crippen molar-refractivity contribution in [2.75, 3.05) is 26.7 Å². The molecule has 9 heteroatoms. The van der Waals surface area contributed by atoms with Gasteiger partial charge in [0.25, 0.3) is 5.89 Å². The highest BCUT2D eigenvalue weighted by molar-refractivity contribution is 7.09. The van der Waals surface area contributed by atoms with Gasteiger partial charge >= 0.3 is 0 Å². The van der Waals surface area contributed by atoms with Crippen molar-refractivity contribution in [3.8, 4) is 5.75 Å². The maximum atomic E-state index is 5.77. The van der Waals surface area contributed by atoms with Gasteiger partial charge in [-0.05, 0) is 37.7 Å². The number of piperazine rings is 1. The lowest BCUT2D eigenvalue weighted by Gasteiger charge is -2.30. The zero-order valence-electron chi connectivity index (χ0n) is 16.4. The van der Waals surface area contributed by atoms with Crippen molar-refractivity contribution < 1.29 is 9.26 Å². The van der Waals surface area contributed by atoms with Crippen LogP contribution < -0.4 is 10.1 Å². The summed E-state index contributed by atoms with van der Waals surface area (Å²) in [5.74, 6) is 2.04. The van der Waals surface area contributed by atoms with Gasteiger partial charge in [-0.3, -0.25) is 4.90 Å².